The number of nitrogens with zero attached hydrogens (tertiary/aromatic N) is 1. The molecule has 2 unspecified atom stereocenters. The van der Waals surface area contributed by atoms with Gasteiger partial charge in [-0.2, -0.15) is 0 Å². The van der Waals surface area contributed by atoms with Crippen LogP contribution in [-0.2, 0) is 4.74 Å². The maximum absolute atomic E-state index is 5.97. The maximum Gasteiger partial charge on any atom is 0.231 e. The number of rotatable bonds is 5. The van der Waals surface area contributed by atoms with Crippen molar-refractivity contribution in [1.29, 1.82) is 0 Å². The van der Waals surface area contributed by atoms with E-state index >= 15 is 0 Å². The first-order chi connectivity index (χ1) is 9.78. The molecule has 110 valence electrons. The average Bonchev–Trinajstić information content (AvgIpc) is 3.09. The molecule has 0 saturated carbocycles. The van der Waals surface area contributed by atoms with E-state index < -0.39 is 0 Å². The Labute approximate surface area is 119 Å². The molecule has 2 heterocycles. The molecule has 1 aromatic rings. The van der Waals surface area contributed by atoms with Gasteiger partial charge < -0.3 is 19.9 Å². The number of hydrogen-bond donors (Lipinski definition) is 1. The molecular weight excluding hydrogens is 256 g/mol. The van der Waals surface area contributed by atoms with E-state index in [1.54, 1.807) is 0 Å². The fourth-order valence-corrected chi connectivity index (χ4v) is 2.93. The third-order valence-corrected chi connectivity index (χ3v) is 4.05. The van der Waals surface area contributed by atoms with Crippen LogP contribution < -0.4 is 15.2 Å². The Morgan fingerprint density at radius 1 is 1.35 bits per heavy atom. The van der Waals surface area contributed by atoms with Crippen molar-refractivity contribution in [3.05, 3.63) is 23.8 Å². The molecule has 1 aromatic carbocycles. The van der Waals surface area contributed by atoms with E-state index in [-0.39, 0.29) is 6.04 Å². The molecule has 2 aliphatic rings. The first-order valence-electron chi connectivity index (χ1n) is 7.19. The lowest BCUT2D eigenvalue weighted by Gasteiger charge is -2.29. The van der Waals surface area contributed by atoms with Gasteiger partial charge in [0.1, 0.15) is 0 Å². The minimum absolute atomic E-state index is 0.175. The van der Waals surface area contributed by atoms with E-state index in [4.69, 9.17) is 19.9 Å². The largest absolute Gasteiger partial charge is 0.454 e. The quantitative estimate of drug-likeness (QED) is 0.885. The Kier molecular flexibility index (Phi) is 4.10. The van der Waals surface area contributed by atoms with Crippen LogP contribution >= 0.6 is 0 Å². The van der Waals surface area contributed by atoms with Gasteiger partial charge in [0, 0.05) is 25.7 Å². The smallest absolute Gasteiger partial charge is 0.231 e. The Morgan fingerprint density at radius 3 is 2.95 bits per heavy atom. The van der Waals surface area contributed by atoms with Crippen LogP contribution in [0.1, 0.15) is 24.4 Å². The molecular formula is C15H22N2O3. The van der Waals surface area contributed by atoms with E-state index in [2.05, 4.69) is 18.0 Å². The minimum Gasteiger partial charge on any atom is -0.454 e. The molecule has 0 aromatic heterocycles. The molecule has 0 radical (unpaired) electrons. The Balaban J connectivity index is 1.71. The van der Waals surface area contributed by atoms with Crippen LogP contribution in [0.25, 0.3) is 0 Å². The lowest BCUT2D eigenvalue weighted by atomic mass is 10.0. The number of likely N-dealkylation sites (N-methyl/N-ethyl adjacent to an activating group) is 1. The Bertz CT molecular complexity index is 460. The maximum atomic E-state index is 5.97. The second-order valence-corrected chi connectivity index (χ2v) is 5.44. The molecule has 1 saturated heterocycles. The van der Waals surface area contributed by atoms with Crippen molar-refractivity contribution in [3.8, 4) is 11.5 Å². The van der Waals surface area contributed by atoms with Crippen LogP contribution in [0.4, 0.5) is 0 Å². The lowest BCUT2D eigenvalue weighted by Crippen LogP contribution is -2.36. The molecule has 2 aliphatic heterocycles. The Morgan fingerprint density at radius 2 is 2.20 bits per heavy atom. The normalized spacial score (nSPS) is 22.4. The fraction of sp³-hybridized carbons (Fsp3) is 0.600. The second kappa shape index (κ2) is 5.99. The van der Waals surface area contributed by atoms with Crippen molar-refractivity contribution < 1.29 is 14.2 Å². The third-order valence-electron chi connectivity index (χ3n) is 4.05. The van der Waals surface area contributed by atoms with E-state index in [0.717, 1.165) is 43.1 Å². The summed E-state index contributed by atoms with van der Waals surface area (Å²) < 4.78 is 16.5. The monoisotopic (exact) mass is 278 g/mol. The first kappa shape index (κ1) is 13.7. The van der Waals surface area contributed by atoms with Crippen molar-refractivity contribution in [2.24, 2.45) is 5.73 Å². The molecule has 20 heavy (non-hydrogen) atoms. The third kappa shape index (κ3) is 2.75. The van der Waals surface area contributed by atoms with Crippen molar-refractivity contribution in [3.63, 3.8) is 0 Å². The minimum atomic E-state index is 0.175. The van der Waals surface area contributed by atoms with Crippen molar-refractivity contribution in [2.75, 3.05) is 33.5 Å². The van der Waals surface area contributed by atoms with E-state index in [9.17, 15) is 0 Å². The molecule has 1 fully saturated rings. The molecule has 0 spiro atoms. The van der Waals surface area contributed by atoms with Gasteiger partial charge in [-0.15, -0.1) is 0 Å². The van der Waals surface area contributed by atoms with Crippen LogP contribution in [0.5, 0.6) is 11.5 Å². The predicted molar refractivity (Wildman–Crippen MR) is 76.0 cm³/mol. The van der Waals surface area contributed by atoms with E-state index in [0.29, 0.717) is 19.4 Å². The summed E-state index contributed by atoms with van der Waals surface area (Å²) >= 11 is 0. The van der Waals surface area contributed by atoms with Crippen LogP contribution in [0.3, 0.4) is 0 Å². The van der Waals surface area contributed by atoms with Crippen LogP contribution in [0.15, 0.2) is 18.2 Å². The summed E-state index contributed by atoms with van der Waals surface area (Å²) in [5.74, 6) is 1.62. The van der Waals surface area contributed by atoms with Crippen LogP contribution in [0.2, 0.25) is 0 Å². The fourth-order valence-electron chi connectivity index (χ4n) is 2.93. The number of benzene rings is 1. The summed E-state index contributed by atoms with van der Waals surface area (Å²) in [5, 5.41) is 0. The summed E-state index contributed by atoms with van der Waals surface area (Å²) in [7, 11) is 2.10. The van der Waals surface area contributed by atoms with Crippen LogP contribution in [0, 0.1) is 0 Å². The lowest BCUT2D eigenvalue weighted by molar-refractivity contribution is 0.0689. The molecule has 3 rings (SSSR count). The highest BCUT2D eigenvalue weighted by Crippen LogP contribution is 2.35. The molecule has 2 atom stereocenters. The van der Waals surface area contributed by atoms with Gasteiger partial charge in [-0.1, -0.05) is 6.07 Å². The van der Waals surface area contributed by atoms with Gasteiger partial charge >= 0.3 is 0 Å². The molecule has 5 heteroatoms. The predicted octanol–water partition coefficient (Wildman–Crippen LogP) is 1.53. The van der Waals surface area contributed by atoms with Gasteiger partial charge in [0.05, 0.1) is 6.10 Å². The first-order valence-corrected chi connectivity index (χ1v) is 7.19. The van der Waals surface area contributed by atoms with Gasteiger partial charge in [-0.05, 0) is 37.6 Å². The molecule has 0 aliphatic carbocycles. The highest BCUT2D eigenvalue weighted by molar-refractivity contribution is 5.45. The van der Waals surface area contributed by atoms with Gasteiger partial charge in [-0.3, -0.25) is 4.90 Å². The average molecular weight is 278 g/mol. The zero-order valence-corrected chi connectivity index (χ0v) is 11.9. The van der Waals surface area contributed by atoms with Crippen molar-refractivity contribution >= 4 is 0 Å². The number of hydrogen-bond acceptors (Lipinski definition) is 5. The van der Waals surface area contributed by atoms with E-state index in [1.165, 1.54) is 0 Å². The number of nitrogens with two attached hydrogens (primary N) is 1. The van der Waals surface area contributed by atoms with Crippen LogP contribution in [-0.4, -0.2) is 44.5 Å². The second-order valence-electron chi connectivity index (χ2n) is 5.44. The summed E-state index contributed by atoms with van der Waals surface area (Å²) in [4.78, 5) is 2.27. The SMILES string of the molecule is CN(CC1CCCO1)C(CN)c1ccc2c(c1)OCO2. The highest BCUT2D eigenvalue weighted by atomic mass is 16.7. The molecule has 0 amide bonds. The van der Waals surface area contributed by atoms with Gasteiger partial charge in [0.2, 0.25) is 6.79 Å². The Hall–Kier alpha value is -1.30. The standard InChI is InChI=1S/C15H22N2O3/c1-17(9-12-3-2-6-18-12)13(8-16)11-4-5-14-15(7-11)20-10-19-14/h4-5,7,12-13H,2-3,6,8-10,16H2,1H3. The van der Waals surface area contributed by atoms with E-state index in [1.807, 2.05) is 12.1 Å². The van der Waals surface area contributed by atoms with Gasteiger partial charge in [-0.25, -0.2) is 0 Å². The molecule has 5 nitrogen and oxygen atoms in total. The van der Waals surface area contributed by atoms with Gasteiger partial charge in [0.15, 0.2) is 11.5 Å². The van der Waals surface area contributed by atoms with Crippen molar-refractivity contribution in [1.82, 2.24) is 4.90 Å². The summed E-state index contributed by atoms with van der Waals surface area (Å²) in [6, 6.07) is 6.23. The molecule has 2 N–H and O–H groups in total. The number of fused-ring (bicyclic) bond motifs is 1. The summed E-state index contributed by atoms with van der Waals surface area (Å²) in [6.07, 6.45) is 2.64. The topological polar surface area (TPSA) is 57.0 Å². The van der Waals surface area contributed by atoms with Gasteiger partial charge in [0.25, 0.3) is 0 Å². The highest BCUT2D eigenvalue weighted by Gasteiger charge is 2.24. The number of ether oxygens (including phenoxy) is 3. The zero-order chi connectivity index (χ0) is 13.9. The zero-order valence-electron chi connectivity index (χ0n) is 11.9. The molecule has 0 bridgehead atoms. The van der Waals surface area contributed by atoms with Crippen molar-refractivity contribution in [2.45, 2.75) is 25.0 Å². The summed E-state index contributed by atoms with van der Waals surface area (Å²) in [5.41, 5.74) is 7.13. The summed E-state index contributed by atoms with van der Waals surface area (Å²) in [6.45, 7) is 2.67.